The second-order valence-corrected chi connectivity index (χ2v) is 6.34. The average molecular weight is 376 g/mol. The Labute approximate surface area is 165 Å². The van der Waals surface area contributed by atoms with Crippen molar-refractivity contribution in [1.82, 2.24) is 9.97 Å². The summed E-state index contributed by atoms with van der Waals surface area (Å²) in [6.07, 6.45) is 7.58. The van der Waals surface area contributed by atoms with Crippen molar-refractivity contribution in [2.24, 2.45) is 10.7 Å². The minimum absolute atomic E-state index is 0.281. The number of nitrogens with two attached hydrogens (primary N) is 1. The van der Waals surface area contributed by atoms with E-state index in [1.807, 2.05) is 24.3 Å². The summed E-state index contributed by atoms with van der Waals surface area (Å²) in [6, 6.07) is 8.14. The number of anilines is 1. The Bertz CT molecular complexity index is 911. The van der Waals surface area contributed by atoms with Gasteiger partial charge in [0.25, 0.3) is 0 Å². The third-order valence-corrected chi connectivity index (χ3v) is 4.42. The number of nitrogens with one attached hydrogen (secondary N) is 1. The molecule has 0 saturated carbocycles. The summed E-state index contributed by atoms with van der Waals surface area (Å²) in [4.78, 5) is 12.8. The maximum atomic E-state index is 8.84. The number of aromatic nitrogens is 2. The van der Waals surface area contributed by atoms with E-state index in [0.717, 1.165) is 36.4 Å². The first-order valence-corrected chi connectivity index (χ1v) is 9.44. The topological polar surface area (TPSA) is 109 Å². The van der Waals surface area contributed by atoms with Gasteiger partial charge in [-0.3, -0.25) is 4.99 Å². The summed E-state index contributed by atoms with van der Waals surface area (Å²) >= 11 is 0. The number of hydrogen-bond donors (Lipinski definition) is 2. The fourth-order valence-electron chi connectivity index (χ4n) is 3.06. The van der Waals surface area contributed by atoms with Gasteiger partial charge in [-0.05, 0) is 49.1 Å². The van der Waals surface area contributed by atoms with E-state index in [9.17, 15) is 0 Å². The number of rotatable bonds is 7. The monoisotopic (exact) mass is 376 g/mol. The van der Waals surface area contributed by atoms with Crippen LogP contribution in [0.3, 0.4) is 0 Å². The molecule has 0 fully saturated rings. The van der Waals surface area contributed by atoms with Crippen molar-refractivity contribution >= 4 is 17.2 Å². The van der Waals surface area contributed by atoms with Crippen LogP contribution in [0.4, 0.5) is 5.82 Å². The lowest BCUT2D eigenvalue weighted by molar-refractivity contribution is 0.312. The molecule has 144 valence electrons. The zero-order chi connectivity index (χ0) is 19.8. The number of benzene rings is 1. The molecular weight excluding hydrogens is 352 g/mol. The van der Waals surface area contributed by atoms with Gasteiger partial charge in [0.05, 0.1) is 19.0 Å². The number of nitriles is 1. The van der Waals surface area contributed by atoms with Crippen molar-refractivity contribution in [1.29, 1.82) is 5.26 Å². The number of amidine groups is 1. The molecule has 0 saturated heterocycles. The number of dihydropyridines is 1. The van der Waals surface area contributed by atoms with Gasteiger partial charge in [0.15, 0.2) is 5.69 Å². The van der Waals surface area contributed by atoms with Crippen LogP contribution in [0.5, 0.6) is 5.75 Å². The molecule has 1 aliphatic heterocycles. The van der Waals surface area contributed by atoms with Crippen LogP contribution < -0.4 is 15.8 Å². The Hall–Kier alpha value is -3.24. The molecule has 0 atom stereocenters. The van der Waals surface area contributed by atoms with E-state index in [1.165, 1.54) is 23.5 Å². The first-order chi connectivity index (χ1) is 13.7. The third kappa shape index (κ3) is 4.72. The highest BCUT2D eigenvalue weighted by atomic mass is 16.5. The molecule has 0 unspecified atom stereocenters. The lowest BCUT2D eigenvalue weighted by atomic mass is 9.93. The molecule has 28 heavy (non-hydrogen) atoms. The number of aliphatic imine (C=N–C) groups is 1. The molecule has 2 aromatic rings. The van der Waals surface area contributed by atoms with Gasteiger partial charge < -0.3 is 15.8 Å². The van der Waals surface area contributed by atoms with E-state index in [4.69, 9.17) is 15.7 Å². The van der Waals surface area contributed by atoms with Crippen LogP contribution in [0, 0.1) is 11.3 Å². The van der Waals surface area contributed by atoms with E-state index < -0.39 is 0 Å². The summed E-state index contributed by atoms with van der Waals surface area (Å²) < 4.78 is 6.02. The first-order valence-electron chi connectivity index (χ1n) is 9.44. The standard InChI is InChI=1S/C21H24N6O/c1-2-15-5-3-6-18(28-10-4-8-22)21(15)16-7-9-24-19(11-16)27-20-14-25-17(12-23)13-26-20/h3,5-6,11,13-14H,2,4,7-10,22H2,1H3,(H,24,26,27). The Kier molecular flexibility index (Phi) is 6.71. The maximum Gasteiger partial charge on any atom is 0.158 e. The van der Waals surface area contributed by atoms with Gasteiger partial charge in [0.2, 0.25) is 0 Å². The largest absolute Gasteiger partial charge is 0.493 e. The minimum atomic E-state index is 0.281. The quantitative estimate of drug-likeness (QED) is 0.719. The summed E-state index contributed by atoms with van der Waals surface area (Å²) in [7, 11) is 0. The molecule has 0 bridgehead atoms. The second-order valence-electron chi connectivity index (χ2n) is 6.34. The van der Waals surface area contributed by atoms with Crippen LogP contribution in [-0.2, 0) is 6.42 Å². The molecule has 0 radical (unpaired) electrons. The predicted octanol–water partition coefficient (Wildman–Crippen LogP) is 2.94. The van der Waals surface area contributed by atoms with Gasteiger partial charge in [-0.2, -0.15) is 5.26 Å². The van der Waals surface area contributed by atoms with Crippen LogP contribution in [-0.4, -0.2) is 35.5 Å². The van der Waals surface area contributed by atoms with Crippen molar-refractivity contribution in [3.8, 4) is 11.8 Å². The van der Waals surface area contributed by atoms with Crippen LogP contribution in [0.1, 0.15) is 36.6 Å². The lowest BCUT2D eigenvalue weighted by Crippen LogP contribution is -2.16. The van der Waals surface area contributed by atoms with Gasteiger partial charge in [0.1, 0.15) is 23.5 Å². The Morgan fingerprint density at radius 1 is 1.29 bits per heavy atom. The number of ether oxygens (including phenoxy) is 1. The van der Waals surface area contributed by atoms with E-state index in [1.54, 1.807) is 0 Å². The molecule has 1 aliphatic rings. The Balaban J connectivity index is 1.86. The molecule has 7 heteroatoms. The molecule has 3 N–H and O–H groups in total. The molecule has 0 aliphatic carbocycles. The fourth-order valence-corrected chi connectivity index (χ4v) is 3.06. The maximum absolute atomic E-state index is 8.84. The first kappa shape index (κ1) is 19.5. The van der Waals surface area contributed by atoms with Crippen molar-refractivity contribution in [3.63, 3.8) is 0 Å². The van der Waals surface area contributed by atoms with E-state index in [0.29, 0.717) is 25.5 Å². The molecule has 0 amide bonds. The molecule has 3 rings (SSSR count). The zero-order valence-electron chi connectivity index (χ0n) is 16.0. The molecule has 1 aromatic heterocycles. The number of hydrogen-bond acceptors (Lipinski definition) is 7. The smallest absolute Gasteiger partial charge is 0.158 e. The van der Waals surface area contributed by atoms with Gasteiger partial charge in [-0.1, -0.05) is 19.1 Å². The van der Waals surface area contributed by atoms with E-state index in [2.05, 4.69) is 33.3 Å². The summed E-state index contributed by atoms with van der Waals surface area (Å²) in [6.45, 7) is 4.03. The van der Waals surface area contributed by atoms with E-state index >= 15 is 0 Å². The van der Waals surface area contributed by atoms with Gasteiger partial charge in [-0.25, -0.2) is 9.97 Å². The molecular formula is C21H24N6O. The summed E-state index contributed by atoms with van der Waals surface area (Å²) in [5, 5.41) is 12.0. The van der Waals surface area contributed by atoms with E-state index in [-0.39, 0.29) is 5.69 Å². The molecule has 2 heterocycles. The fraction of sp³-hybridized carbons (Fsp3) is 0.333. The highest BCUT2D eigenvalue weighted by Crippen LogP contribution is 2.33. The highest BCUT2D eigenvalue weighted by Gasteiger charge is 2.17. The van der Waals surface area contributed by atoms with Crippen molar-refractivity contribution in [3.05, 3.63) is 53.5 Å². The molecule has 0 spiro atoms. The molecule has 7 nitrogen and oxygen atoms in total. The van der Waals surface area contributed by atoms with Gasteiger partial charge in [0, 0.05) is 12.1 Å². The predicted molar refractivity (Wildman–Crippen MR) is 110 cm³/mol. The van der Waals surface area contributed by atoms with Crippen LogP contribution in [0.25, 0.3) is 5.57 Å². The summed E-state index contributed by atoms with van der Waals surface area (Å²) in [5.41, 5.74) is 9.44. The number of aryl methyl sites for hydroxylation is 1. The number of nitrogens with zero attached hydrogens (tertiary/aromatic N) is 4. The van der Waals surface area contributed by atoms with Crippen molar-refractivity contribution in [2.45, 2.75) is 26.2 Å². The van der Waals surface area contributed by atoms with Gasteiger partial charge in [-0.15, -0.1) is 0 Å². The normalized spacial score (nSPS) is 13.3. The highest BCUT2D eigenvalue weighted by molar-refractivity contribution is 6.08. The summed E-state index contributed by atoms with van der Waals surface area (Å²) in [5.74, 6) is 2.16. The average Bonchev–Trinajstić information content (AvgIpc) is 2.74. The van der Waals surface area contributed by atoms with Gasteiger partial charge >= 0.3 is 0 Å². The van der Waals surface area contributed by atoms with Crippen molar-refractivity contribution in [2.75, 3.05) is 25.0 Å². The minimum Gasteiger partial charge on any atom is -0.493 e. The Morgan fingerprint density at radius 2 is 2.18 bits per heavy atom. The van der Waals surface area contributed by atoms with Crippen LogP contribution in [0.15, 0.2) is 41.7 Å². The Morgan fingerprint density at radius 3 is 2.89 bits per heavy atom. The lowest BCUT2D eigenvalue weighted by Gasteiger charge is -2.20. The van der Waals surface area contributed by atoms with Crippen LogP contribution in [0.2, 0.25) is 0 Å². The van der Waals surface area contributed by atoms with Crippen LogP contribution >= 0.6 is 0 Å². The molecule has 1 aromatic carbocycles. The third-order valence-electron chi connectivity index (χ3n) is 4.42. The zero-order valence-corrected chi connectivity index (χ0v) is 16.0. The SMILES string of the molecule is CCc1cccc(OCCCN)c1C1=CC(Nc2cnc(C#N)cn2)=NCC1. The van der Waals surface area contributed by atoms with Crippen molar-refractivity contribution < 1.29 is 4.74 Å². The second kappa shape index (κ2) is 9.62.